The highest BCUT2D eigenvalue weighted by Gasteiger charge is 2.32. The number of rotatable bonds is 5. The third-order valence-corrected chi connectivity index (χ3v) is 6.47. The summed E-state index contributed by atoms with van der Waals surface area (Å²) in [7, 11) is 0. The molecule has 0 saturated heterocycles. The van der Waals surface area contributed by atoms with Gasteiger partial charge in [0.2, 0.25) is 5.91 Å². The maximum absolute atomic E-state index is 12.6. The highest BCUT2D eigenvalue weighted by molar-refractivity contribution is 6.10. The van der Waals surface area contributed by atoms with Gasteiger partial charge in [-0.2, -0.15) is 0 Å². The normalized spacial score (nSPS) is 14.0. The van der Waals surface area contributed by atoms with Crippen LogP contribution in [0, 0.1) is 6.92 Å². The van der Waals surface area contributed by atoms with Crippen molar-refractivity contribution in [2.24, 2.45) is 5.73 Å². The minimum absolute atomic E-state index is 0.379. The minimum atomic E-state index is -1.22. The molecule has 5 rings (SSSR count). The number of hydrogen-bond donors (Lipinski definition) is 2. The molecule has 184 valence electrons. The smallest absolute Gasteiger partial charge is 0.337 e. The number of hydrogen-bond acceptors (Lipinski definition) is 5. The molecule has 0 unspecified atom stereocenters. The molecule has 2 heterocycles. The maximum Gasteiger partial charge on any atom is 0.337 e. The summed E-state index contributed by atoms with van der Waals surface area (Å²) in [5.74, 6) is -0.847. The first kappa shape index (κ1) is 23.8. The third-order valence-electron chi connectivity index (χ3n) is 6.47. The Morgan fingerprint density at radius 2 is 1.92 bits per heavy atom. The van der Waals surface area contributed by atoms with Gasteiger partial charge >= 0.3 is 5.97 Å². The van der Waals surface area contributed by atoms with Crippen molar-refractivity contribution in [3.05, 3.63) is 70.9 Å². The van der Waals surface area contributed by atoms with Gasteiger partial charge in [-0.1, -0.05) is 12.1 Å². The van der Waals surface area contributed by atoms with Crippen molar-refractivity contribution in [3.8, 4) is 16.9 Å². The van der Waals surface area contributed by atoms with Gasteiger partial charge in [0.05, 0.1) is 17.7 Å². The second kappa shape index (κ2) is 8.60. The largest absolute Gasteiger partial charge is 0.493 e. The number of carbonyl (C=O) groups excluding carboxylic acids is 1. The fourth-order valence-electron chi connectivity index (χ4n) is 5.03. The Morgan fingerprint density at radius 1 is 1.14 bits per heavy atom. The Bertz CT molecular complexity index is 1540. The summed E-state index contributed by atoms with van der Waals surface area (Å²) in [4.78, 5) is 29.2. The number of aryl methyl sites for hydroxylation is 1. The zero-order valence-electron chi connectivity index (χ0n) is 20.7. The summed E-state index contributed by atoms with van der Waals surface area (Å²) >= 11 is 0. The Kier molecular flexibility index (Phi) is 5.68. The van der Waals surface area contributed by atoms with Crippen LogP contribution in [-0.4, -0.2) is 34.2 Å². The lowest BCUT2D eigenvalue weighted by atomic mass is 9.85. The van der Waals surface area contributed by atoms with Crippen LogP contribution in [0.25, 0.3) is 32.8 Å². The molecule has 0 bridgehead atoms. The van der Waals surface area contributed by atoms with Gasteiger partial charge in [0.15, 0.2) is 6.10 Å². The molecule has 0 aliphatic carbocycles. The second-order valence-corrected chi connectivity index (χ2v) is 10.1. The lowest BCUT2D eigenvalue weighted by Crippen LogP contribution is -2.28. The second-order valence-electron chi connectivity index (χ2n) is 10.1. The number of pyridine rings is 1. The molecule has 1 atom stereocenters. The summed E-state index contributed by atoms with van der Waals surface area (Å²) in [6.45, 7) is 7.96. The van der Waals surface area contributed by atoms with E-state index in [0.29, 0.717) is 23.3 Å². The van der Waals surface area contributed by atoms with Gasteiger partial charge in [-0.25, -0.2) is 4.79 Å². The maximum atomic E-state index is 12.6. The van der Waals surface area contributed by atoms with Gasteiger partial charge in [-0.3, -0.25) is 9.78 Å². The first-order chi connectivity index (χ1) is 17.0. The average Bonchev–Trinajstić information content (AvgIpc) is 2.81. The van der Waals surface area contributed by atoms with E-state index in [4.69, 9.17) is 20.2 Å². The van der Waals surface area contributed by atoms with Crippen molar-refractivity contribution in [1.29, 1.82) is 0 Å². The summed E-state index contributed by atoms with van der Waals surface area (Å²) in [5, 5.41) is 12.8. The van der Waals surface area contributed by atoms with Crippen molar-refractivity contribution in [2.75, 3.05) is 6.61 Å². The van der Waals surface area contributed by atoms with E-state index < -0.39 is 23.6 Å². The number of nitrogens with zero attached hydrogens (tertiary/aromatic N) is 1. The molecule has 3 aromatic carbocycles. The predicted octanol–water partition coefficient (Wildman–Crippen LogP) is 5.34. The van der Waals surface area contributed by atoms with E-state index >= 15 is 0 Å². The average molecular weight is 485 g/mol. The lowest BCUT2D eigenvalue weighted by Gasteiger charge is -2.29. The number of amides is 1. The number of primary amides is 1. The lowest BCUT2D eigenvalue weighted by molar-refractivity contribution is -0.160. The van der Waals surface area contributed by atoms with Gasteiger partial charge in [0, 0.05) is 34.7 Å². The number of aliphatic carboxylic acids is 1. The van der Waals surface area contributed by atoms with Crippen LogP contribution in [-0.2, 0) is 16.0 Å². The first-order valence-corrected chi connectivity index (χ1v) is 11.9. The molecule has 0 spiro atoms. The van der Waals surface area contributed by atoms with Gasteiger partial charge in [0.1, 0.15) is 5.75 Å². The molecule has 0 saturated carbocycles. The van der Waals surface area contributed by atoms with E-state index in [0.717, 1.165) is 50.5 Å². The van der Waals surface area contributed by atoms with Crippen LogP contribution in [0.1, 0.15) is 53.9 Å². The van der Waals surface area contributed by atoms with E-state index in [1.807, 2.05) is 58.0 Å². The minimum Gasteiger partial charge on any atom is -0.493 e. The summed E-state index contributed by atoms with van der Waals surface area (Å²) in [6, 6.07) is 12.9. The SMILES string of the molecule is Cc1cc2cc(C(N)=O)ccc2c(-c2ccc3c4c(ccnc24)CCO3)c1[C@H](OC(C)(C)C)C(=O)O. The van der Waals surface area contributed by atoms with Crippen LogP contribution in [0.15, 0.2) is 48.7 Å². The zero-order valence-corrected chi connectivity index (χ0v) is 20.7. The molecule has 36 heavy (non-hydrogen) atoms. The van der Waals surface area contributed by atoms with Crippen LogP contribution in [0.2, 0.25) is 0 Å². The quantitative estimate of drug-likeness (QED) is 0.396. The molecule has 1 aliphatic heterocycles. The molecule has 0 fully saturated rings. The van der Waals surface area contributed by atoms with Gasteiger partial charge in [-0.05, 0) is 85.5 Å². The molecule has 4 aromatic rings. The van der Waals surface area contributed by atoms with E-state index in [1.54, 1.807) is 18.3 Å². The molecule has 0 radical (unpaired) electrons. The zero-order chi connectivity index (χ0) is 25.8. The van der Waals surface area contributed by atoms with Crippen molar-refractivity contribution in [3.63, 3.8) is 0 Å². The standard InChI is InChI=1S/C29H28N2O5/c1-15-13-18-14-17(27(30)32)5-6-19(18)24(22(15)26(28(33)34)36-29(2,3)4)20-7-8-21-23-16(10-12-35-21)9-11-31-25(20)23/h5-9,11,13-14,26H,10,12H2,1-4H3,(H2,30,32)(H,33,34)/t26-/m0/s1. The monoisotopic (exact) mass is 484 g/mol. The Balaban J connectivity index is 1.92. The van der Waals surface area contributed by atoms with Crippen molar-refractivity contribution >= 4 is 33.6 Å². The predicted molar refractivity (Wildman–Crippen MR) is 138 cm³/mol. The van der Waals surface area contributed by atoms with Crippen LogP contribution in [0.4, 0.5) is 0 Å². The summed E-state index contributed by atoms with van der Waals surface area (Å²) < 4.78 is 12.0. The van der Waals surface area contributed by atoms with Crippen molar-refractivity contribution in [2.45, 2.75) is 45.8 Å². The number of fused-ring (bicyclic) bond motifs is 1. The van der Waals surface area contributed by atoms with Gasteiger partial charge < -0.3 is 20.3 Å². The van der Waals surface area contributed by atoms with Crippen LogP contribution in [0.5, 0.6) is 5.75 Å². The molecule has 7 nitrogen and oxygen atoms in total. The molecule has 1 amide bonds. The Morgan fingerprint density at radius 3 is 2.61 bits per heavy atom. The molecular weight excluding hydrogens is 456 g/mol. The summed E-state index contributed by atoms with van der Waals surface area (Å²) in [6.07, 6.45) is 1.32. The van der Waals surface area contributed by atoms with E-state index in [2.05, 4.69) is 0 Å². The van der Waals surface area contributed by atoms with Crippen LogP contribution < -0.4 is 10.5 Å². The number of carboxylic acids is 1. The van der Waals surface area contributed by atoms with Crippen molar-refractivity contribution in [1.82, 2.24) is 4.98 Å². The van der Waals surface area contributed by atoms with Crippen LogP contribution in [0.3, 0.4) is 0 Å². The number of carboxylic acid groups (broad SMARTS) is 1. The van der Waals surface area contributed by atoms with E-state index in [9.17, 15) is 14.7 Å². The topological polar surface area (TPSA) is 112 Å². The highest BCUT2D eigenvalue weighted by Crippen LogP contribution is 2.45. The van der Waals surface area contributed by atoms with E-state index in [-0.39, 0.29) is 0 Å². The number of ether oxygens (including phenoxy) is 2. The highest BCUT2D eigenvalue weighted by atomic mass is 16.5. The van der Waals surface area contributed by atoms with Crippen molar-refractivity contribution < 1.29 is 24.2 Å². The molecular formula is C29H28N2O5. The third kappa shape index (κ3) is 4.05. The van der Waals surface area contributed by atoms with E-state index in [1.165, 1.54) is 0 Å². The first-order valence-electron chi connectivity index (χ1n) is 11.9. The van der Waals surface area contributed by atoms with Gasteiger partial charge in [0.25, 0.3) is 0 Å². The number of benzene rings is 3. The summed E-state index contributed by atoms with van der Waals surface area (Å²) in [5.41, 5.74) is 9.86. The fourth-order valence-corrected chi connectivity index (χ4v) is 5.03. The van der Waals surface area contributed by atoms with Gasteiger partial charge in [-0.15, -0.1) is 0 Å². The molecule has 7 heteroatoms. The number of nitrogens with two attached hydrogens (primary N) is 1. The molecule has 1 aliphatic rings. The Labute approximate surface area is 208 Å². The Hall–Kier alpha value is -3.97. The molecule has 3 N–H and O–H groups in total. The number of carbonyl (C=O) groups is 2. The number of aromatic nitrogens is 1. The molecule has 1 aromatic heterocycles. The van der Waals surface area contributed by atoms with Crippen LogP contribution >= 0.6 is 0 Å². The fraction of sp³-hybridized carbons (Fsp3) is 0.276.